The summed E-state index contributed by atoms with van der Waals surface area (Å²) in [6.45, 7) is 2.57. The molecule has 1 aliphatic carbocycles. The third kappa shape index (κ3) is 3.48. The zero-order valence-corrected chi connectivity index (χ0v) is 11.9. The molecule has 0 atom stereocenters. The Labute approximate surface area is 117 Å². The average molecular weight is 286 g/mol. The number of aryl methyl sites for hydroxylation is 1. The van der Waals surface area contributed by atoms with Gasteiger partial charge in [-0.2, -0.15) is 5.10 Å². The van der Waals surface area contributed by atoms with Crippen molar-refractivity contribution in [3.8, 4) is 0 Å². The Bertz CT molecular complexity index is 481. The van der Waals surface area contributed by atoms with Crippen molar-refractivity contribution < 1.29 is 5.11 Å². The number of hydrogen-bond acceptors (Lipinski definition) is 4. The van der Waals surface area contributed by atoms with Gasteiger partial charge in [-0.05, 0) is 32.1 Å². The second-order valence-corrected chi connectivity index (χ2v) is 5.43. The van der Waals surface area contributed by atoms with Crippen LogP contribution in [0.3, 0.4) is 0 Å². The summed E-state index contributed by atoms with van der Waals surface area (Å²) in [4.78, 5) is 12.0. The summed E-state index contributed by atoms with van der Waals surface area (Å²) < 4.78 is 1.39. The van der Waals surface area contributed by atoms with E-state index < -0.39 is 0 Å². The normalized spacial score (nSPS) is 23.3. The molecule has 2 rings (SSSR count). The van der Waals surface area contributed by atoms with E-state index in [2.05, 4.69) is 10.4 Å². The van der Waals surface area contributed by atoms with E-state index >= 15 is 0 Å². The van der Waals surface area contributed by atoms with E-state index in [0.717, 1.165) is 32.1 Å². The first-order chi connectivity index (χ1) is 9.11. The summed E-state index contributed by atoms with van der Waals surface area (Å²) >= 11 is 6.10. The van der Waals surface area contributed by atoms with Gasteiger partial charge in [0.15, 0.2) is 0 Å². The smallest absolute Gasteiger partial charge is 0.287 e. The molecule has 0 bridgehead atoms. The van der Waals surface area contributed by atoms with Crippen molar-refractivity contribution in [3.05, 3.63) is 21.6 Å². The third-order valence-electron chi connectivity index (χ3n) is 3.48. The lowest BCUT2D eigenvalue weighted by Crippen LogP contribution is -2.30. The van der Waals surface area contributed by atoms with Crippen LogP contribution in [0.15, 0.2) is 11.0 Å². The van der Waals surface area contributed by atoms with Crippen LogP contribution in [0.5, 0.6) is 0 Å². The van der Waals surface area contributed by atoms with Crippen molar-refractivity contribution in [3.63, 3.8) is 0 Å². The molecule has 5 nitrogen and oxygen atoms in total. The predicted octanol–water partition coefficient (Wildman–Crippen LogP) is 2.02. The SMILES string of the molecule is CCCn1ncc(NC2CCC(O)CC2)c(Cl)c1=O. The minimum absolute atomic E-state index is 0.191. The zero-order chi connectivity index (χ0) is 13.8. The molecule has 19 heavy (non-hydrogen) atoms. The van der Waals surface area contributed by atoms with Crippen LogP contribution in [0.2, 0.25) is 5.02 Å². The number of anilines is 1. The highest BCUT2D eigenvalue weighted by atomic mass is 35.5. The number of hydrogen-bond donors (Lipinski definition) is 2. The van der Waals surface area contributed by atoms with Gasteiger partial charge < -0.3 is 10.4 Å². The highest BCUT2D eigenvalue weighted by molar-refractivity contribution is 6.32. The number of aliphatic hydroxyl groups excluding tert-OH is 1. The first-order valence-corrected chi connectivity index (χ1v) is 7.19. The monoisotopic (exact) mass is 285 g/mol. The number of aromatic nitrogens is 2. The van der Waals surface area contributed by atoms with Crippen LogP contribution in [0, 0.1) is 0 Å². The summed E-state index contributed by atoms with van der Waals surface area (Å²) in [5, 5.41) is 17.0. The van der Waals surface area contributed by atoms with E-state index in [1.807, 2.05) is 6.92 Å². The van der Waals surface area contributed by atoms with Gasteiger partial charge in [-0.25, -0.2) is 4.68 Å². The molecule has 0 spiro atoms. The Kier molecular flexibility index (Phi) is 4.82. The minimum Gasteiger partial charge on any atom is -0.393 e. The lowest BCUT2D eigenvalue weighted by molar-refractivity contribution is 0.126. The fourth-order valence-electron chi connectivity index (χ4n) is 2.38. The van der Waals surface area contributed by atoms with Crippen molar-refractivity contribution in [1.82, 2.24) is 9.78 Å². The van der Waals surface area contributed by atoms with Crippen LogP contribution in [0.25, 0.3) is 0 Å². The molecule has 1 saturated carbocycles. The van der Waals surface area contributed by atoms with Crippen molar-refractivity contribution in [2.24, 2.45) is 0 Å². The fraction of sp³-hybridized carbons (Fsp3) is 0.692. The molecule has 6 heteroatoms. The lowest BCUT2D eigenvalue weighted by atomic mass is 9.93. The Morgan fingerprint density at radius 3 is 2.79 bits per heavy atom. The van der Waals surface area contributed by atoms with Gasteiger partial charge in [-0.1, -0.05) is 18.5 Å². The van der Waals surface area contributed by atoms with Gasteiger partial charge in [-0.15, -0.1) is 0 Å². The van der Waals surface area contributed by atoms with Crippen molar-refractivity contribution >= 4 is 17.3 Å². The molecule has 0 radical (unpaired) electrons. The van der Waals surface area contributed by atoms with Gasteiger partial charge in [-0.3, -0.25) is 4.79 Å². The van der Waals surface area contributed by atoms with Crippen LogP contribution in [0.4, 0.5) is 5.69 Å². The van der Waals surface area contributed by atoms with E-state index in [1.165, 1.54) is 4.68 Å². The van der Waals surface area contributed by atoms with E-state index in [4.69, 9.17) is 11.6 Å². The van der Waals surface area contributed by atoms with E-state index in [-0.39, 0.29) is 22.7 Å². The molecule has 1 aliphatic rings. The Morgan fingerprint density at radius 2 is 2.16 bits per heavy atom. The van der Waals surface area contributed by atoms with Crippen LogP contribution < -0.4 is 10.9 Å². The lowest BCUT2D eigenvalue weighted by Gasteiger charge is -2.27. The first kappa shape index (κ1) is 14.3. The zero-order valence-electron chi connectivity index (χ0n) is 11.1. The maximum atomic E-state index is 12.0. The minimum atomic E-state index is -0.246. The molecular weight excluding hydrogens is 266 g/mol. The number of rotatable bonds is 4. The van der Waals surface area contributed by atoms with E-state index in [1.54, 1.807) is 6.20 Å². The predicted molar refractivity (Wildman–Crippen MR) is 75.7 cm³/mol. The summed E-state index contributed by atoms with van der Waals surface area (Å²) in [7, 11) is 0. The number of nitrogens with zero attached hydrogens (tertiary/aromatic N) is 2. The first-order valence-electron chi connectivity index (χ1n) is 6.82. The van der Waals surface area contributed by atoms with E-state index in [9.17, 15) is 9.90 Å². The molecule has 0 aromatic carbocycles. The Hall–Kier alpha value is -1.07. The van der Waals surface area contributed by atoms with Crippen molar-refractivity contribution in [2.45, 2.75) is 57.7 Å². The summed E-state index contributed by atoms with van der Waals surface area (Å²) in [5.41, 5.74) is 0.352. The van der Waals surface area contributed by atoms with Gasteiger partial charge in [0, 0.05) is 12.6 Å². The number of aliphatic hydroxyl groups is 1. The maximum Gasteiger partial charge on any atom is 0.287 e. The molecular formula is C13H20ClN3O2. The van der Waals surface area contributed by atoms with Gasteiger partial charge in [0.2, 0.25) is 0 Å². The van der Waals surface area contributed by atoms with Gasteiger partial charge in [0.25, 0.3) is 5.56 Å². The fourth-order valence-corrected chi connectivity index (χ4v) is 2.58. The second kappa shape index (κ2) is 6.39. The highest BCUT2D eigenvalue weighted by Crippen LogP contribution is 2.24. The molecule has 0 aliphatic heterocycles. The molecule has 0 unspecified atom stereocenters. The molecule has 0 amide bonds. The Balaban J connectivity index is 2.09. The van der Waals surface area contributed by atoms with Crippen LogP contribution in [0.1, 0.15) is 39.0 Å². The molecule has 0 saturated heterocycles. The third-order valence-corrected chi connectivity index (χ3v) is 3.84. The summed E-state index contributed by atoms with van der Waals surface area (Å²) in [6, 6.07) is 0.254. The summed E-state index contributed by atoms with van der Waals surface area (Å²) in [6.07, 6.45) is 5.61. The quantitative estimate of drug-likeness (QED) is 0.888. The average Bonchev–Trinajstić information content (AvgIpc) is 2.41. The summed E-state index contributed by atoms with van der Waals surface area (Å²) in [5.74, 6) is 0. The molecule has 1 aromatic heterocycles. The second-order valence-electron chi connectivity index (χ2n) is 5.05. The van der Waals surface area contributed by atoms with Gasteiger partial charge in [0.05, 0.1) is 18.0 Å². The molecule has 1 aromatic rings. The van der Waals surface area contributed by atoms with Crippen LogP contribution in [-0.4, -0.2) is 27.0 Å². The molecule has 106 valence electrons. The van der Waals surface area contributed by atoms with Gasteiger partial charge in [0.1, 0.15) is 5.02 Å². The molecule has 2 N–H and O–H groups in total. The van der Waals surface area contributed by atoms with Crippen molar-refractivity contribution in [1.29, 1.82) is 0 Å². The number of nitrogens with one attached hydrogen (secondary N) is 1. The topological polar surface area (TPSA) is 67.2 Å². The maximum absolute atomic E-state index is 12.0. The Morgan fingerprint density at radius 1 is 1.47 bits per heavy atom. The largest absolute Gasteiger partial charge is 0.393 e. The van der Waals surface area contributed by atoms with Gasteiger partial charge >= 0.3 is 0 Å². The van der Waals surface area contributed by atoms with Crippen LogP contribution >= 0.6 is 11.6 Å². The van der Waals surface area contributed by atoms with Crippen molar-refractivity contribution in [2.75, 3.05) is 5.32 Å². The molecule has 1 fully saturated rings. The van der Waals surface area contributed by atoms with Crippen LogP contribution in [-0.2, 0) is 6.54 Å². The highest BCUT2D eigenvalue weighted by Gasteiger charge is 2.20. The molecule has 1 heterocycles. The van der Waals surface area contributed by atoms with E-state index in [0.29, 0.717) is 12.2 Å². The number of halogens is 1. The standard InChI is InChI=1S/C13H20ClN3O2/c1-2-7-17-13(19)12(14)11(8-15-17)16-9-3-5-10(18)6-4-9/h8-10,16,18H,2-7H2,1H3.